The third-order valence-electron chi connectivity index (χ3n) is 5.96. The largest absolute Gasteiger partial charge is 0.443 e. The predicted molar refractivity (Wildman–Crippen MR) is 107 cm³/mol. The van der Waals surface area contributed by atoms with Crippen LogP contribution in [0.25, 0.3) is 0 Å². The van der Waals surface area contributed by atoms with Crippen LogP contribution in [0.2, 0.25) is 0 Å². The summed E-state index contributed by atoms with van der Waals surface area (Å²) in [5.74, 6) is 0.766. The first-order chi connectivity index (χ1) is 12.7. The van der Waals surface area contributed by atoms with Crippen LogP contribution in [0, 0.1) is 11.8 Å². The minimum Gasteiger partial charge on any atom is -0.443 e. The van der Waals surface area contributed by atoms with E-state index in [0.717, 1.165) is 36.9 Å². The summed E-state index contributed by atoms with van der Waals surface area (Å²) in [6, 6.07) is 2.14. The number of hydrogen-bond donors (Lipinski definition) is 0. The molecule has 4 rings (SSSR count). The first-order valence-corrected chi connectivity index (χ1v) is 10.7. The van der Waals surface area contributed by atoms with Crippen LogP contribution in [0.4, 0.5) is 4.79 Å². The van der Waals surface area contributed by atoms with Gasteiger partial charge in [0.2, 0.25) is 0 Å². The molecule has 0 N–H and O–H groups in total. The highest BCUT2D eigenvalue weighted by atomic mass is 16.6. The molecule has 4 bridgehead atoms. The number of aryl methyl sites for hydroxylation is 1. The van der Waals surface area contributed by atoms with Gasteiger partial charge in [-0.1, -0.05) is 46.0 Å². The maximum atomic E-state index is 13.4. The van der Waals surface area contributed by atoms with Crippen molar-refractivity contribution in [3.63, 3.8) is 0 Å². The van der Waals surface area contributed by atoms with Crippen molar-refractivity contribution in [1.29, 1.82) is 0 Å². The minimum atomic E-state index is -0.576. The van der Waals surface area contributed by atoms with Crippen LogP contribution in [0.1, 0.15) is 107 Å². The summed E-state index contributed by atoms with van der Waals surface area (Å²) in [6.07, 6.45) is 8.37. The van der Waals surface area contributed by atoms with E-state index in [0.29, 0.717) is 11.6 Å². The second kappa shape index (κ2) is 7.81. The fraction of sp³-hybridized carbons (Fsp3) is 0.739. The van der Waals surface area contributed by atoms with Crippen molar-refractivity contribution in [2.24, 2.45) is 11.8 Å². The summed E-state index contributed by atoms with van der Waals surface area (Å²) in [4.78, 5) is 26.4. The maximum Gasteiger partial charge on any atom is 0.419 e. The molecule has 0 aromatic carbocycles. The smallest absolute Gasteiger partial charge is 0.419 e. The second-order valence-corrected chi connectivity index (χ2v) is 9.66. The molecular formula is C23H35NO3. The summed E-state index contributed by atoms with van der Waals surface area (Å²) in [7, 11) is 0. The number of rotatable bonds is 1. The molecule has 2 aliphatic carbocycles. The number of carbonyl (C=O) groups is 2. The average Bonchev–Trinajstić information content (AvgIpc) is 3.04. The number of hydrogen-bond acceptors (Lipinski definition) is 3. The molecule has 4 nitrogen and oxygen atoms in total. The van der Waals surface area contributed by atoms with E-state index in [1.807, 2.05) is 20.8 Å². The molecule has 150 valence electrons. The molecule has 0 saturated carbocycles. The highest BCUT2D eigenvalue weighted by molar-refractivity contribution is 6.04. The van der Waals surface area contributed by atoms with Crippen LogP contribution in [-0.4, -0.2) is 22.0 Å². The van der Waals surface area contributed by atoms with E-state index in [2.05, 4.69) is 19.9 Å². The van der Waals surface area contributed by atoms with Gasteiger partial charge in [0.25, 0.3) is 0 Å². The molecule has 27 heavy (non-hydrogen) atoms. The van der Waals surface area contributed by atoms with Crippen molar-refractivity contribution in [1.82, 2.24) is 4.57 Å². The van der Waals surface area contributed by atoms with Gasteiger partial charge in [-0.25, -0.2) is 9.36 Å². The summed E-state index contributed by atoms with van der Waals surface area (Å²) in [5.41, 5.74) is 2.07. The lowest BCUT2D eigenvalue weighted by atomic mass is 9.80. The Bertz CT molecular complexity index is 708. The number of Topliss-reactive ketones (excluding diaryl/α,β-unsaturated/α-hetero) is 1. The maximum absolute atomic E-state index is 13.4. The van der Waals surface area contributed by atoms with Crippen molar-refractivity contribution in [3.8, 4) is 0 Å². The molecule has 0 unspecified atom stereocenters. The van der Waals surface area contributed by atoms with Crippen LogP contribution in [0.5, 0.6) is 0 Å². The summed E-state index contributed by atoms with van der Waals surface area (Å²) in [5, 5.41) is 0. The molecule has 2 heterocycles. The molecule has 4 heteroatoms. The molecule has 0 fully saturated rings. The van der Waals surface area contributed by atoms with Crippen LogP contribution in [-0.2, 0) is 11.2 Å². The first kappa shape index (κ1) is 20.2. The predicted octanol–water partition coefficient (Wildman–Crippen LogP) is 6.11. The highest BCUT2D eigenvalue weighted by Crippen LogP contribution is 2.46. The van der Waals surface area contributed by atoms with Gasteiger partial charge < -0.3 is 4.74 Å². The van der Waals surface area contributed by atoms with Gasteiger partial charge in [-0.3, -0.25) is 4.79 Å². The first-order valence-electron chi connectivity index (χ1n) is 10.7. The topological polar surface area (TPSA) is 48.3 Å². The molecule has 2 atom stereocenters. The molecular weight excluding hydrogens is 338 g/mol. The van der Waals surface area contributed by atoms with Gasteiger partial charge in [-0.15, -0.1) is 0 Å². The summed E-state index contributed by atoms with van der Waals surface area (Å²) in [6.45, 7) is 10.0. The zero-order chi connectivity index (χ0) is 19.8. The second-order valence-electron chi connectivity index (χ2n) is 9.66. The lowest BCUT2D eigenvalue weighted by Gasteiger charge is -2.23. The quantitative estimate of drug-likeness (QED) is 0.596. The van der Waals surface area contributed by atoms with Crippen LogP contribution < -0.4 is 0 Å². The van der Waals surface area contributed by atoms with Gasteiger partial charge >= 0.3 is 6.09 Å². The molecule has 0 radical (unpaired) electrons. The number of aromatic nitrogens is 1. The number of nitrogens with zero attached hydrogens (tertiary/aromatic N) is 1. The molecule has 1 aromatic rings. The summed E-state index contributed by atoms with van der Waals surface area (Å²) >= 11 is 0. The van der Waals surface area contributed by atoms with Crippen molar-refractivity contribution in [2.45, 2.75) is 97.5 Å². The Balaban J connectivity index is 2.08. The summed E-state index contributed by atoms with van der Waals surface area (Å²) < 4.78 is 7.30. The van der Waals surface area contributed by atoms with E-state index < -0.39 is 11.7 Å². The van der Waals surface area contributed by atoms with Crippen LogP contribution >= 0.6 is 0 Å². The Hall–Kier alpha value is -1.58. The number of fused-ring (bicyclic) bond motifs is 7. The monoisotopic (exact) mass is 373 g/mol. The Morgan fingerprint density at radius 1 is 1.11 bits per heavy atom. The zero-order valence-corrected chi connectivity index (χ0v) is 17.6. The van der Waals surface area contributed by atoms with Crippen LogP contribution in [0.15, 0.2) is 6.07 Å². The lowest BCUT2D eigenvalue weighted by Crippen LogP contribution is -2.30. The molecule has 0 saturated heterocycles. The van der Waals surface area contributed by atoms with E-state index in [1.165, 1.54) is 25.7 Å². The van der Waals surface area contributed by atoms with E-state index in [-0.39, 0.29) is 17.6 Å². The fourth-order valence-corrected chi connectivity index (χ4v) is 4.86. The van der Waals surface area contributed by atoms with Gasteiger partial charge in [-0.05, 0) is 63.5 Å². The number of ketones is 1. The van der Waals surface area contributed by atoms with Crippen molar-refractivity contribution >= 4 is 11.9 Å². The van der Waals surface area contributed by atoms with E-state index in [9.17, 15) is 9.59 Å². The Morgan fingerprint density at radius 3 is 2.37 bits per heavy atom. The Morgan fingerprint density at radius 2 is 1.74 bits per heavy atom. The van der Waals surface area contributed by atoms with Gasteiger partial charge in [0.15, 0.2) is 5.78 Å². The molecule has 1 aliphatic heterocycles. The van der Waals surface area contributed by atoms with Gasteiger partial charge in [0.05, 0.1) is 5.69 Å². The van der Waals surface area contributed by atoms with E-state index in [4.69, 9.17) is 4.74 Å². The molecule has 0 spiro atoms. The SMILES string of the molecule is CC(C)[C@H]1c2cc3n(C(=O)OC(C)(C)C)c2C(=O)[C@@H]1CCCCCCCC3. The fourth-order valence-electron chi connectivity index (χ4n) is 4.86. The standard InChI is InChI=1S/C23H35NO3/c1-15(2)19-17-13-11-9-7-6-8-10-12-16-14-18(19)20(21(17)25)24(16)22(26)27-23(3,4)5/h14-15,17,19H,6-13H2,1-5H3/t17-,19-/m1/s1. The number of carbonyl (C=O) groups excluding carboxylic acids is 2. The van der Waals surface area contributed by atoms with Gasteiger partial charge in [0, 0.05) is 11.6 Å². The highest BCUT2D eigenvalue weighted by Gasteiger charge is 2.45. The average molecular weight is 374 g/mol. The van der Waals surface area contributed by atoms with E-state index >= 15 is 0 Å². The normalized spacial score (nSPS) is 23.9. The van der Waals surface area contributed by atoms with Crippen molar-refractivity contribution in [2.75, 3.05) is 0 Å². The zero-order valence-electron chi connectivity index (χ0n) is 17.6. The Labute approximate surface area is 163 Å². The lowest BCUT2D eigenvalue weighted by molar-refractivity contribution is 0.0522. The van der Waals surface area contributed by atoms with E-state index in [1.54, 1.807) is 4.57 Å². The van der Waals surface area contributed by atoms with Crippen molar-refractivity contribution in [3.05, 3.63) is 23.0 Å². The van der Waals surface area contributed by atoms with Gasteiger partial charge in [0.1, 0.15) is 5.60 Å². The molecule has 1 aromatic heterocycles. The third-order valence-corrected chi connectivity index (χ3v) is 5.96. The molecule has 0 amide bonds. The minimum absolute atomic E-state index is 0.0125. The van der Waals surface area contributed by atoms with Crippen LogP contribution in [0.3, 0.4) is 0 Å². The van der Waals surface area contributed by atoms with Gasteiger partial charge in [-0.2, -0.15) is 0 Å². The molecule has 3 aliphatic rings. The van der Waals surface area contributed by atoms with Crippen molar-refractivity contribution < 1.29 is 14.3 Å². The third kappa shape index (κ3) is 4.14. The Kier molecular flexibility index (Phi) is 5.83. The number of ether oxygens (including phenoxy) is 1.